The maximum Gasteiger partial charge on any atom is 0.00893 e. The average molecular weight is 185 g/mol. The summed E-state index contributed by atoms with van der Waals surface area (Å²) >= 11 is 0. The Labute approximate surface area is 84.5 Å². The normalized spacial score (nSPS) is 28.2. The Morgan fingerprint density at radius 2 is 1.38 bits per heavy atom. The molecule has 0 aromatic heterocycles. The molecule has 0 bridgehead atoms. The summed E-state index contributed by atoms with van der Waals surface area (Å²) in [4.78, 5) is 2.37. The molecule has 0 atom stereocenters. The van der Waals surface area contributed by atoms with E-state index in [1.165, 1.54) is 32.1 Å². The van der Waals surface area contributed by atoms with E-state index in [1.54, 1.807) is 0 Å². The van der Waals surface area contributed by atoms with Crippen molar-refractivity contribution in [2.45, 2.75) is 58.9 Å². The molecule has 0 aromatic rings. The molecular weight excluding hydrogens is 158 g/mol. The van der Waals surface area contributed by atoms with Crippen LogP contribution < -0.4 is 0 Å². The molecule has 0 aromatic carbocycles. The van der Waals surface area contributed by atoms with Crippen LogP contribution in [0.15, 0.2) is 0 Å². The lowest BCUT2D eigenvalue weighted by Crippen LogP contribution is -2.31. The minimum atomic E-state index is 0.871. The predicted octanol–water partition coefficient (Wildman–Crippen LogP) is 3.54. The lowest BCUT2D eigenvalue weighted by atomic mass is 9.87. The van der Waals surface area contributed by atoms with Crippen LogP contribution in [-0.4, -0.2) is 25.0 Å². The molecule has 1 heteroatoms. The fourth-order valence-electron chi connectivity index (χ4n) is 1.76. The van der Waals surface area contributed by atoms with E-state index in [0.29, 0.717) is 0 Å². The number of nitrogens with zero attached hydrogens (tertiary/aromatic N) is 1. The van der Waals surface area contributed by atoms with E-state index < -0.39 is 0 Å². The molecular formula is C12H27N. The van der Waals surface area contributed by atoms with Crippen LogP contribution in [0.5, 0.6) is 0 Å². The maximum absolute atomic E-state index is 2.37. The van der Waals surface area contributed by atoms with Crippen LogP contribution in [-0.2, 0) is 0 Å². The lowest BCUT2D eigenvalue weighted by Gasteiger charge is -2.30. The molecule has 1 fully saturated rings. The smallest absolute Gasteiger partial charge is 0.00893 e. The van der Waals surface area contributed by atoms with Crippen molar-refractivity contribution < 1.29 is 0 Å². The van der Waals surface area contributed by atoms with Crippen molar-refractivity contribution in [3.8, 4) is 0 Å². The molecule has 1 aliphatic rings. The van der Waals surface area contributed by atoms with Gasteiger partial charge in [0, 0.05) is 6.04 Å². The highest BCUT2D eigenvalue weighted by Gasteiger charge is 2.18. The van der Waals surface area contributed by atoms with Gasteiger partial charge in [-0.15, -0.1) is 0 Å². The summed E-state index contributed by atoms with van der Waals surface area (Å²) < 4.78 is 0. The molecule has 80 valence electrons. The predicted molar refractivity (Wildman–Crippen MR) is 61.1 cm³/mol. The summed E-state index contributed by atoms with van der Waals surface area (Å²) in [6.45, 7) is 6.62. The highest BCUT2D eigenvalue weighted by Crippen LogP contribution is 2.25. The van der Waals surface area contributed by atoms with Gasteiger partial charge in [-0.1, -0.05) is 27.2 Å². The van der Waals surface area contributed by atoms with Crippen molar-refractivity contribution in [1.82, 2.24) is 4.90 Å². The molecule has 0 N–H and O–H groups in total. The Morgan fingerprint density at radius 3 is 1.69 bits per heavy atom. The second-order valence-corrected chi connectivity index (χ2v) is 4.58. The van der Waals surface area contributed by atoms with Crippen LogP contribution >= 0.6 is 0 Å². The van der Waals surface area contributed by atoms with Gasteiger partial charge in [0.05, 0.1) is 0 Å². The first-order valence-electron chi connectivity index (χ1n) is 5.78. The van der Waals surface area contributed by atoms with E-state index in [0.717, 1.165) is 12.0 Å². The maximum atomic E-state index is 2.37. The molecule has 13 heavy (non-hydrogen) atoms. The first-order valence-corrected chi connectivity index (χ1v) is 5.78. The van der Waals surface area contributed by atoms with Gasteiger partial charge in [0.2, 0.25) is 0 Å². The minimum absolute atomic E-state index is 0.871. The van der Waals surface area contributed by atoms with Crippen LogP contribution in [0.3, 0.4) is 0 Å². The van der Waals surface area contributed by atoms with Crippen molar-refractivity contribution in [1.29, 1.82) is 0 Å². The fraction of sp³-hybridized carbons (Fsp3) is 1.00. The van der Waals surface area contributed by atoms with Crippen LogP contribution in [0, 0.1) is 5.92 Å². The van der Waals surface area contributed by atoms with Gasteiger partial charge in [0.25, 0.3) is 0 Å². The summed E-state index contributed by atoms with van der Waals surface area (Å²) in [5.41, 5.74) is 0. The highest BCUT2D eigenvalue weighted by molar-refractivity contribution is 4.74. The van der Waals surface area contributed by atoms with E-state index in [4.69, 9.17) is 0 Å². The molecule has 0 radical (unpaired) electrons. The van der Waals surface area contributed by atoms with Gasteiger partial charge in [0.1, 0.15) is 0 Å². The van der Waals surface area contributed by atoms with E-state index >= 15 is 0 Å². The zero-order valence-electron chi connectivity index (χ0n) is 10.1. The van der Waals surface area contributed by atoms with Crippen molar-refractivity contribution in [2.75, 3.05) is 14.1 Å². The Kier molecular flexibility index (Phi) is 7.35. The molecule has 1 saturated carbocycles. The van der Waals surface area contributed by atoms with E-state index in [1.807, 2.05) is 0 Å². The summed E-state index contributed by atoms with van der Waals surface area (Å²) in [6, 6.07) is 0.871. The second-order valence-electron chi connectivity index (χ2n) is 4.58. The van der Waals surface area contributed by atoms with Gasteiger partial charge in [-0.2, -0.15) is 0 Å². The first kappa shape index (κ1) is 13.0. The van der Waals surface area contributed by atoms with Gasteiger partial charge < -0.3 is 4.90 Å². The average Bonchev–Trinajstić information content (AvgIpc) is 2.06. The van der Waals surface area contributed by atoms with Gasteiger partial charge in [-0.05, 0) is 45.7 Å². The Balaban J connectivity index is 0.000000424. The van der Waals surface area contributed by atoms with Crippen LogP contribution in [0.25, 0.3) is 0 Å². The molecule has 1 rings (SSSR count). The van der Waals surface area contributed by atoms with Gasteiger partial charge in [-0.25, -0.2) is 0 Å². The largest absolute Gasteiger partial charge is 0.306 e. The SMILES string of the molecule is CC1CCC(N(C)C)CC1.CCC. The van der Waals surface area contributed by atoms with Crippen LogP contribution in [0.2, 0.25) is 0 Å². The highest BCUT2D eigenvalue weighted by atomic mass is 15.1. The molecule has 0 aliphatic heterocycles. The fourth-order valence-corrected chi connectivity index (χ4v) is 1.76. The topological polar surface area (TPSA) is 3.24 Å². The third kappa shape index (κ3) is 6.09. The van der Waals surface area contributed by atoms with E-state index in [9.17, 15) is 0 Å². The second kappa shape index (κ2) is 7.37. The van der Waals surface area contributed by atoms with Crippen molar-refractivity contribution in [3.63, 3.8) is 0 Å². The molecule has 0 spiro atoms. The molecule has 0 amide bonds. The van der Waals surface area contributed by atoms with Crippen molar-refractivity contribution >= 4 is 0 Å². The summed E-state index contributed by atoms with van der Waals surface area (Å²) in [7, 11) is 4.39. The number of hydrogen-bond donors (Lipinski definition) is 0. The molecule has 1 nitrogen and oxygen atoms in total. The van der Waals surface area contributed by atoms with E-state index in [2.05, 4.69) is 39.8 Å². The zero-order valence-corrected chi connectivity index (χ0v) is 10.1. The van der Waals surface area contributed by atoms with Gasteiger partial charge >= 0.3 is 0 Å². The summed E-state index contributed by atoms with van der Waals surface area (Å²) in [5.74, 6) is 0.983. The summed E-state index contributed by atoms with van der Waals surface area (Å²) in [5, 5.41) is 0. The van der Waals surface area contributed by atoms with Crippen molar-refractivity contribution in [2.24, 2.45) is 5.92 Å². The van der Waals surface area contributed by atoms with Gasteiger partial charge in [0.15, 0.2) is 0 Å². The Morgan fingerprint density at radius 1 is 1.00 bits per heavy atom. The summed E-state index contributed by atoms with van der Waals surface area (Å²) in [6.07, 6.45) is 6.94. The minimum Gasteiger partial charge on any atom is -0.306 e. The molecule has 0 saturated heterocycles. The zero-order chi connectivity index (χ0) is 10.3. The third-order valence-electron chi connectivity index (χ3n) is 2.72. The number of rotatable bonds is 1. The molecule has 1 aliphatic carbocycles. The molecule has 0 unspecified atom stereocenters. The number of hydrogen-bond acceptors (Lipinski definition) is 1. The van der Waals surface area contributed by atoms with Crippen molar-refractivity contribution in [3.05, 3.63) is 0 Å². The lowest BCUT2D eigenvalue weighted by molar-refractivity contribution is 0.200. The first-order chi connectivity index (χ1) is 6.11. The Hall–Kier alpha value is -0.0400. The Bertz CT molecular complexity index is 102. The van der Waals surface area contributed by atoms with Crippen LogP contribution in [0.1, 0.15) is 52.9 Å². The monoisotopic (exact) mass is 185 g/mol. The third-order valence-corrected chi connectivity index (χ3v) is 2.72. The molecule has 0 heterocycles. The van der Waals surface area contributed by atoms with Gasteiger partial charge in [-0.3, -0.25) is 0 Å². The van der Waals surface area contributed by atoms with E-state index in [-0.39, 0.29) is 0 Å². The van der Waals surface area contributed by atoms with Crippen LogP contribution in [0.4, 0.5) is 0 Å². The quantitative estimate of drug-likeness (QED) is 0.604. The standard InChI is InChI=1S/C9H19N.C3H8/c1-8-4-6-9(7-5-8)10(2)3;1-3-2/h8-9H,4-7H2,1-3H3;3H2,1-2H3.